The number of nitrogens with one attached hydrogen (secondary N) is 2. The van der Waals surface area contributed by atoms with Crippen LogP contribution in [0.4, 0.5) is 0 Å². The number of carbonyl (C=O) groups is 2. The molecule has 146 valence electrons. The molecular formula is C21H18N4O3S. The first-order valence-corrected chi connectivity index (χ1v) is 9.83. The summed E-state index contributed by atoms with van der Waals surface area (Å²) in [6.45, 7) is 0. The summed E-state index contributed by atoms with van der Waals surface area (Å²) in [5.74, 6) is -0.548. The van der Waals surface area contributed by atoms with Crippen molar-refractivity contribution < 1.29 is 14.3 Å². The Labute approximate surface area is 171 Å². The fourth-order valence-electron chi connectivity index (χ4n) is 3.00. The fraction of sp³-hybridized carbons (Fsp3) is 0.143. The monoisotopic (exact) mass is 406 g/mol. The zero-order chi connectivity index (χ0) is 20.2. The van der Waals surface area contributed by atoms with Crippen molar-refractivity contribution in [3.05, 3.63) is 70.9 Å². The number of methoxy groups -OCH3 is 1. The standard InChI is InChI=1S/C21H18N4O3S/c1-28-20(27)17(9-13-5-3-2-4-6-13)24-21-23-16(19(26)25-21)10-14-7-8-15-18(11-14)29-12-22-15/h2-8,10-12,17H,9H2,1H3,(H2,23,24,25,26)/b16-10-/t17-/m1/s1. The van der Waals surface area contributed by atoms with Crippen LogP contribution in [0.25, 0.3) is 16.3 Å². The quantitative estimate of drug-likeness (QED) is 0.502. The molecule has 2 N–H and O–H groups in total. The normalized spacial score (nSPS) is 17.3. The molecule has 8 heteroatoms. The lowest BCUT2D eigenvalue weighted by atomic mass is 10.1. The molecule has 1 aromatic heterocycles. The zero-order valence-electron chi connectivity index (χ0n) is 15.6. The number of fused-ring (bicyclic) bond motifs is 1. The molecule has 0 aliphatic carbocycles. The Hall–Kier alpha value is -3.52. The number of hydrogen-bond acceptors (Lipinski definition) is 6. The highest BCUT2D eigenvalue weighted by molar-refractivity contribution is 7.16. The van der Waals surface area contributed by atoms with Crippen LogP contribution < -0.4 is 10.6 Å². The Kier molecular flexibility index (Phi) is 5.35. The van der Waals surface area contributed by atoms with E-state index in [4.69, 9.17) is 4.74 Å². The van der Waals surface area contributed by atoms with Crippen LogP contribution in [0.15, 0.2) is 64.7 Å². The Morgan fingerprint density at radius 1 is 1.24 bits per heavy atom. The third-order valence-electron chi connectivity index (χ3n) is 4.43. The van der Waals surface area contributed by atoms with E-state index in [0.29, 0.717) is 12.1 Å². The molecule has 1 aliphatic heterocycles. The molecule has 0 saturated carbocycles. The number of thiazole rings is 1. The second-order valence-corrected chi connectivity index (χ2v) is 7.31. The molecule has 0 bridgehead atoms. The topological polar surface area (TPSA) is 92.7 Å². The van der Waals surface area contributed by atoms with Gasteiger partial charge in [0.15, 0.2) is 6.04 Å². The first-order valence-electron chi connectivity index (χ1n) is 8.95. The Balaban J connectivity index is 1.55. The van der Waals surface area contributed by atoms with Gasteiger partial charge in [-0.2, -0.15) is 0 Å². The minimum absolute atomic E-state index is 0.228. The smallest absolute Gasteiger partial charge is 0.331 e. The summed E-state index contributed by atoms with van der Waals surface area (Å²) in [6.07, 6.45) is 2.11. The van der Waals surface area contributed by atoms with E-state index in [9.17, 15) is 9.59 Å². The molecule has 0 unspecified atom stereocenters. The number of esters is 1. The van der Waals surface area contributed by atoms with Gasteiger partial charge in [0.25, 0.3) is 5.91 Å². The number of rotatable bonds is 5. The Morgan fingerprint density at radius 2 is 2.07 bits per heavy atom. The van der Waals surface area contributed by atoms with Crippen molar-refractivity contribution in [1.82, 2.24) is 15.6 Å². The molecule has 0 radical (unpaired) electrons. The van der Waals surface area contributed by atoms with Crippen molar-refractivity contribution in [2.45, 2.75) is 12.5 Å². The van der Waals surface area contributed by atoms with Crippen LogP contribution in [-0.2, 0) is 20.7 Å². The molecule has 1 amide bonds. The number of carbonyl (C=O) groups excluding carboxylic acids is 2. The molecular weight excluding hydrogens is 388 g/mol. The van der Waals surface area contributed by atoms with E-state index in [-0.39, 0.29) is 11.9 Å². The predicted molar refractivity (Wildman–Crippen MR) is 112 cm³/mol. The maximum Gasteiger partial charge on any atom is 0.331 e. The first kappa shape index (κ1) is 18.8. The van der Waals surface area contributed by atoms with Gasteiger partial charge < -0.3 is 10.1 Å². The number of aromatic nitrogens is 1. The molecule has 0 spiro atoms. The highest BCUT2D eigenvalue weighted by Crippen LogP contribution is 2.20. The summed E-state index contributed by atoms with van der Waals surface area (Å²) in [5.41, 5.74) is 4.88. The molecule has 4 rings (SSSR count). The number of guanidine groups is 1. The second-order valence-electron chi connectivity index (χ2n) is 6.42. The van der Waals surface area contributed by atoms with E-state index in [0.717, 1.165) is 21.3 Å². The molecule has 3 aromatic rings. The van der Waals surface area contributed by atoms with Crippen molar-refractivity contribution in [2.24, 2.45) is 4.99 Å². The molecule has 1 atom stereocenters. The summed E-state index contributed by atoms with van der Waals surface area (Å²) in [5, 5.41) is 5.62. The van der Waals surface area contributed by atoms with Crippen LogP contribution in [0, 0.1) is 0 Å². The lowest BCUT2D eigenvalue weighted by Crippen LogP contribution is -2.31. The van der Waals surface area contributed by atoms with Crippen molar-refractivity contribution >= 4 is 45.5 Å². The minimum atomic E-state index is -0.766. The summed E-state index contributed by atoms with van der Waals surface area (Å²) >= 11 is 1.54. The van der Waals surface area contributed by atoms with Crippen LogP contribution in [-0.4, -0.2) is 36.0 Å². The van der Waals surface area contributed by atoms with Crippen LogP contribution in [0.2, 0.25) is 0 Å². The minimum Gasteiger partial charge on any atom is -0.467 e. The van der Waals surface area contributed by atoms with Gasteiger partial charge in [0.05, 0.1) is 22.8 Å². The van der Waals surface area contributed by atoms with Gasteiger partial charge in [0.1, 0.15) is 5.70 Å². The number of benzene rings is 2. The maximum atomic E-state index is 12.3. The number of ether oxygens (including phenoxy) is 1. The van der Waals surface area contributed by atoms with Gasteiger partial charge in [-0.15, -0.1) is 11.3 Å². The van der Waals surface area contributed by atoms with Crippen LogP contribution in [0.5, 0.6) is 0 Å². The number of hydrogen-bond donors (Lipinski definition) is 2. The third kappa shape index (κ3) is 4.33. The van der Waals surface area contributed by atoms with E-state index in [1.165, 1.54) is 18.4 Å². The highest BCUT2D eigenvalue weighted by atomic mass is 32.1. The predicted octanol–water partition coefficient (Wildman–Crippen LogP) is 2.50. The average molecular weight is 406 g/mol. The van der Waals surface area contributed by atoms with Gasteiger partial charge in [0, 0.05) is 6.42 Å². The molecule has 7 nitrogen and oxygen atoms in total. The Morgan fingerprint density at radius 3 is 2.86 bits per heavy atom. The van der Waals surface area contributed by atoms with Crippen molar-refractivity contribution in [3.63, 3.8) is 0 Å². The average Bonchev–Trinajstić information content (AvgIpc) is 3.33. The van der Waals surface area contributed by atoms with Crippen LogP contribution >= 0.6 is 11.3 Å². The number of aliphatic imine (C=N–C) groups is 1. The van der Waals surface area contributed by atoms with Gasteiger partial charge in [-0.1, -0.05) is 36.4 Å². The maximum absolute atomic E-state index is 12.3. The molecule has 1 aliphatic rings. The van der Waals surface area contributed by atoms with E-state index in [1.807, 2.05) is 48.5 Å². The van der Waals surface area contributed by atoms with Crippen molar-refractivity contribution in [1.29, 1.82) is 0 Å². The molecule has 1 saturated heterocycles. The van der Waals surface area contributed by atoms with Gasteiger partial charge in [0.2, 0.25) is 5.96 Å². The first-order chi connectivity index (χ1) is 14.1. The molecule has 2 aromatic carbocycles. The summed E-state index contributed by atoms with van der Waals surface area (Å²) < 4.78 is 5.91. The summed E-state index contributed by atoms with van der Waals surface area (Å²) in [4.78, 5) is 33.1. The number of amides is 1. The Bertz CT molecular complexity index is 1120. The van der Waals surface area contributed by atoms with E-state index < -0.39 is 12.0 Å². The highest BCUT2D eigenvalue weighted by Gasteiger charge is 2.26. The lowest BCUT2D eigenvalue weighted by Gasteiger charge is -2.11. The second kappa shape index (κ2) is 8.24. The number of nitrogens with zero attached hydrogens (tertiary/aromatic N) is 2. The molecule has 1 fully saturated rings. The van der Waals surface area contributed by atoms with Crippen LogP contribution in [0.3, 0.4) is 0 Å². The molecule has 29 heavy (non-hydrogen) atoms. The molecule has 2 heterocycles. The zero-order valence-corrected chi connectivity index (χ0v) is 16.4. The summed E-state index contributed by atoms with van der Waals surface area (Å²) in [7, 11) is 1.32. The van der Waals surface area contributed by atoms with Gasteiger partial charge in [-0.3, -0.25) is 10.1 Å². The van der Waals surface area contributed by atoms with Crippen molar-refractivity contribution in [2.75, 3.05) is 7.11 Å². The summed E-state index contributed by atoms with van der Waals surface area (Å²) in [6, 6.07) is 14.5. The SMILES string of the molecule is COC(=O)[C@@H](Cc1ccccc1)N=C1NC(=O)/C(=C/c2ccc3ncsc3c2)N1. The van der Waals surface area contributed by atoms with E-state index >= 15 is 0 Å². The van der Waals surface area contributed by atoms with E-state index in [2.05, 4.69) is 20.6 Å². The van der Waals surface area contributed by atoms with Crippen molar-refractivity contribution in [3.8, 4) is 0 Å². The third-order valence-corrected chi connectivity index (χ3v) is 5.22. The van der Waals surface area contributed by atoms with Crippen LogP contribution in [0.1, 0.15) is 11.1 Å². The van der Waals surface area contributed by atoms with E-state index in [1.54, 1.807) is 11.6 Å². The fourth-order valence-corrected chi connectivity index (χ4v) is 3.72. The van der Waals surface area contributed by atoms with Gasteiger partial charge >= 0.3 is 5.97 Å². The lowest BCUT2D eigenvalue weighted by molar-refractivity contribution is -0.142. The van der Waals surface area contributed by atoms with Gasteiger partial charge in [-0.25, -0.2) is 14.8 Å². The van der Waals surface area contributed by atoms with Gasteiger partial charge in [-0.05, 0) is 29.3 Å². The largest absolute Gasteiger partial charge is 0.467 e.